The minimum absolute atomic E-state index is 0.489. The topological polar surface area (TPSA) is 38.0 Å². The van der Waals surface area contributed by atoms with E-state index >= 15 is 0 Å². The molecule has 0 saturated heterocycles. The molecular weight excluding hydrogens is 196 g/mol. The minimum Gasteiger partial charge on any atom is -0.397 e. The molecule has 1 atom stereocenters. The van der Waals surface area contributed by atoms with Gasteiger partial charge in [-0.1, -0.05) is 38.8 Å². The highest BCUT2D eigenvalue weighted by Crippen LogP contribution is 2.19. The smallest absolute Gasteiger partial charge is 0.0575 e. The fourth-order valence-electron chi connectivity index (χ4n) is 1.80. The van der Waals surface area contributed by atoms with Crippen LogP contribution in [0.4, 0.5) is 11.4 Å². The van der Waals surface area contributed by atoms with Crippen molar-refractivity contribution in [3.63, 3.8) is 0 Å². The minimum atomic E-state index is 0.489. The second-order valence-electron chi connectivity index (χ2n) is 4.96. The molecule has 3 N–H and O–H groups in total. The highest BCUT2D eigenvalue weighted by atomic mass is 14.9. The van der Waals surface area contributed by atoms with E-state index in [4.69, 9.17) is 5.73 Å². The Bertz CT molecular complexity index is 307. The maximum atomic E-state index is 5.88. The van der Waals surface area contributed by atoms with Gasteiger partial charge in [0.15, 0.2) is 0 Å². The summed E-state index contributed by atoms with van der Waals surface area (Å²) in [5.74, 6) is 0.800. The monoisotopic (exact) mass is 220 g/mol. The van der Waals surface area contributed by atoms with Crippen molar-refractivity contribution in [1.82, 2.24) is 0 Å². The van der Waals surface area contributed by atoms with Gasteiger partial charge in [-0.05, 0) is 31.4 Å². The third kappa shape index (κ3) is 4.56. The Morgan fingerprint density at radius 3 is 2.44 bits per heavy atom. The van der Waals surface area contributed by atoms with Crippen molar-refractivity contribution in [2.45, 2.75) is 46.1 Å². The van der Waals surface area contributed by atoms with Gasteiger partial charge in [-0.25, -0.2) is 0 Å². The van der Waals surface area contributed by atoms with Crippen molar-refractivity contribution < 1.29 is 0 Å². The maximum absolute atomic E-state index is 5.88. The first-order valence-corrected chi connectivity index (χ1v) is 6.20. The molecule has 1 aromatic rings. The highest BCUT2D eigenvalue weighted by Gasteiger charge is 2.04. The zero-order chi connectivity index (χ0) is 12.0. The Kier molecular flexibility index (Phi) is 5.17. The number of nitrogens with two attached hydrogens (primary N) is 1. The molecule has 16 heavy (non-hydrogen) atoms. The number of hydrogen-bond acceptors (Lipinski definition) is 2. The fourth-order valence-corrected chi connectivity index (χ4v) is 1.80. The second-order valence-corrected chi connectivity index (χ2v) is 4.96. The van der Waals surface area contributed by atoms with Crippen LogP contribution in [0.5, 0.6) is 0 Å². The van der Waals surface area contributed by atoms with Crippen molar-refractivity contribution in [2.24, 2.45) is 5.92 Å². The van der Waals surface area contributed by atoms with Crippen LogP contribution in [0.3, 0.4) is 0 Å². The molecule has 1 unspecified atom stereocenters. The summed E-state index contributed by atoms with van der Waals surface area (Å²) in [5.41, 5.74) is 7.77. The predicted octanol–water partition coefficient (Wildman–Crippen LogP) is 3.90. The molecule has 0 aliphatic rings. The van der Waals surface area contributed by atoms with E-state index in [9.17, 15) is 0 Å². The van der Waals surface area contributed by atoms with E-state index in [0.717, 1.165) is 17.3 Å². The van der Waals surface area contributed by atoms with Crippen molar-refractivity contribution in [2.75, 3.05) is 11.1 Å². The zero-order valence-corrected chi connectivity index (χ0v) is 10.7. The molecule has 0 aromatic heterocycles. The van der Waals surface area contributed by atoms with Gasteiger partial charge in [-0.15, -0.1) is 0 Å². The lowest BCUT2D eigenvalue weighted by atomic mass is 10.0. The van der Waals surface area contributed by atoms with E-state index in [-0.39, 0.29) is 0 Å². The number of nitrogen functional groups attached to an aromatic ring is 1. The Balaban J connectivity index is 2.34. The molecule has 0 saturated carbocycles. The predicted molar refractivity (Wildman–Crippen MR) is 72.6 cm³/mol. The van der Waals surface area contributed by atoms with Crippen LogP contribution < -0.4 is 11.1 Å². The van der Waals surface area contributed by atoms with Crippen LogP contribution in [0.1, 0.15) is 40.0 Å². The van der Waals surface area contributed by atoms with Crippen molar-refractivity contribution in [3.8, 4) is 0 Å². The Morgan fingerprint density at radius 2 is 1.81 bits per heavy atom. The largest absolute Gasteiger partial charge is 0.397 e. The Hall–Kier alpha value is -1.18. The Labute approximate surface area is 99.2 Å². The first-order chi connectivity index (χ1) is 7.59. The van der Waals surface area contributed by atoms with Gasteiger partial charge < -0.3 is 11.1 Å². The van der Waals surface area contributed by atoms with E-state index in [1.54, 1.807) is 0 Å². The number of benzene rings is 1. The SMILES string of the molecule is CC(C)CCCC(C)Nc1ccccc1N. The summed E-state index contributed by atoms with van der Waals surface area (Å²) in [6.45, 7) is 6.76. The molecule has 0 fully saturated rings. The number of para-hydroxylation sites is 2. The molecule has 0 radical (unpaired) electrons. The molecule has 1 rings (SSSR count). The first kappa shape index (κ1) is 12.9. The highest BCUT2D eigenvalue weighted by molar-refractivity contribution is 5.65. The van der Waals surface area contributed by atoms with Gasteiger partial charge in [0, 0.05) is 6.04 Å². The number of rotatable bonds is 6. The van der Waals surface area contributed by atoms with Crippen LogP contribution in [0, 0.1) is 5.92 Å². The van der Waals surface area contributed by atoms with E-state index in [0.29, 0.717) is 6.04 Å². The molecule has 2 nitrogen and oxygen atoms in total. The van der Waals surface area contributed by atoms with Crippen molar-refractivity contribution in [1.29, 1.82) is 0 Å². The van der Waals surface area contributed by atoms with Crippen LogP contribution in [0.15, 0.2) is 24.3 Å². The van der Waals surface area contributed by atoms with Gasteiger partial charge in [0.2, 0.25) is 0 Å². The first-order valence-electron chi connectivity index (χ1n) is 6.20. The molecule has 0 heterocycles. The van der Waals surface area contributed by atoms with E-state index < -0.39 is 0 Å². The summed E-state index contributed by atoms with van der Waals surface area (Å²) in [7, 11) is 0. The second kappa shape index (κ2) is 6.41. The molecule has 2 heteroatoms. The lowest BCUT2D eigenvalue weighted by Gasteiger charge is -2.17. The lowest BCUT2D eigenvalue weighted by Crippen LogP contribution is -2.16. The third-order valence-corrected chi connectivity index (χ3v) is 2.78. The number of nitrogens with one attached hydrogen (secondary N) is 1. The standard InChI is InChI=1S/C14H24N2/c1-11(2)7-6-8-12(3)16-14-10-5-4-9-13(14)15/h4-5,9-12,16H,6-8,15H2,1-3H3. The van der Waals surface area contributed by atoms with E-state index in [2.05, 4.69) is 26.1 Å². The van der Waals surface area contributed by atoms with Crippen molar-refractivity contribution in [3.05, 3.63) is 24.3 Å². The van der Waals surface area contributed by atoms with Gasteiger partial charge >= 0.3 is 0 Å². The van der Waals surface area contributed by atoms with Gasteiger partial charge in [-0.2, -0.15) is 0 Å². The molecule has 0 aliphatic carbocycles. The zero-order valence-electron chi connectivity index (χ0n) is 10.7. The summed E-state index contributed by atoms with van der Waals surface area (Å²) in [5, 5.41) is 3.46. The molecule has 90 valence electrons. The van der Waals surface area contributed by atoms with Crippen molar-refractivity contribution >= 4 is 11.4 Å². The molecule has 0 amide bonds. The van der Waals surface area contributed by atoms with Crippen LogP contribution in [-0.2, 0) is 0 Å². The summed E-state index contributed by atoms with van der Waals surface area (Å²) >= 11 is 0. The third-order valence-electron chi connectivity index (χ3n) is 2.78. The molecular formula is C14H24N2. The summed E-state index contributed by atoms with van der Waals surface area (Å²) in [6.07, 6.45) is 3.78. The van der Waals surface area contributed by atoms with Crippen LogP contribution in [-0.4, -0.2) is 6.04 Å². The van der Waals surface area contributed by atoms with Gasteiger partial charge in [0.25, 0.3) is 0 Å². The van der Waals surface area contributed by atoms with E-state index in [1.807, 2.05) is 24.3 Å². The van der Waals surface area contributed by atoms with E-state index in [1.165, 1.54) is 19.3 Å². The average Bonchev–Trinajstić information content (AvgIpc) is 2.21. The quantitative estimate of drug-likeness (QED) is 0.714. The van der Waals surface area contributed by atoms with Crippen LogP contribution in [0.25, 0.3) is 0 Å². The summed E-state index contributed by atoms with van der Waals surface area (Å²) in [4.78, 5) is 0. The maximum Gasteiger partial charge on any atom is 0.0575 e. The fraction of sp³-hybridized carbons (Fsp3) is 0.571. The molecule has 0 spiro atoms. The summed E-state index contributed by atoms with van der Waals surface area (Å²) in [6, 6.07) is 8.43. The number of anilines is 2. The summed E-state index contributed by atoms with van der Waals surface area (Å²) < 4.78 is 0. The van der Waals surface area contributed by atoms with Crippen LogP contribution in [0.2, 0.25) is 0 Å². The number of hydrogen-bond donors (Lipinski definition) is 2. The molecule has 0 aliphatic heterocycles. The van der Waals surface area contributed by atoms with Gasteiger partial charge in [0.1, 0.15) is 0 Å². The molecule has 1 aromatic carbocycles. The van der Waals surface area contributed by atoms with Crippen LogP contribution >= 0.6 is 0 Å². The van der Waals surface area contributed by atoms with Gasteiger partial charge in [-0.3, -0.25) is 0 Å². The lowest BCUT2D eigenvalue weighted by molar-refractivity contribution is 0.520. The normalized spacial score (nSPS) is 12.8. The van der Waals surface area contributed by atoms with Gasteiger partial charge in [0.05, 0.1) is 11.4 Å². The average molecular weight is 220 g/mol. The Morgan fingerprint density at radius 1 is 1.12 bits per heavy atom. The molecule has 0 bridgehead atoms.